The molecule has 0 aliphatic rings. The summed E-state index contributed by atoms with van der Waals surface area (Å²) in [6, 6.07) is 5.04. The molecule has 2 aromatic rings. The molecule has 6 heteroatoms. The minimum Gasteiger partial charge on any atom is -0.397 e. The van der Waals surface area contributed by atoms with E-state index in [4.69, 9.17) is 11.5 Å². The van der Waals surface area contributed by atoms with Crippen molar-refractivity contribution in [3.05, 3.63) is 34.3 Å². The zero-order valence-corrected chi connectivity index (χ0v) is 11.0. The van der Waals surface area contributed by atoms with Gasteiger partial charge in [-0.15, -0.1) is 11.3 Å². The van der Waals surface area contributed by atoms with Crippen LogP contribution in [-0.4, -0.2) is 10.9 Å². The Balaban J connectivity index is 2.42. The maximum atomic E-state index is 11.3. The molecule has 2 rings (SSSR count). The fourth-order valence-corrected chi connectivity index (χ4v) is 2.37. The molecular formula is C12H14N4OS. The van der Waals surface area contributed by atoms with Gasteiger partial charge in [0.25, 0.3) is 5.91 Å². The zero-order valence-electron chi connectivity index (χ0n) is 10.2. The van der Waals surface area contributed by atoms with Crippen LogP contribution in [0.2, 0.25) is 0 Å². The molecule has 0 saturated carbocycles. The van der Waals surface area contributed by atoms with Crippen molar-refractivity contribution in [3.8, 4) is 0 Å². The van der Waals surface area contributed by atoms with Gasteiger partial charge in [-0.05, 0) is 26.0 Å². The molecule has 0 fully saturated rings. The molecule has 5 nitrogen and oxygen atoms in total. The van der Waals surface area contributed by atoms with Gasteiger partial charge >= 0.3 is 0 Å². The number of rotatable bonds is 3. The van der Waals surface area contributed by atoms with Crippen molar-refractivity contribution in [3.63, 3.8) is 0 Å². The third-order valence-corrected chi connectivity index (χ3v) is 3.61. The molecule has 1 aromatic carbocycles. The van der Waals surface area contributed by atoms with Gasteiger partial charge in [0.1, 0.15) is 0 Å². The number of nitrogen functional groups attached to an aromatic ring is 1. The van der Waals surface area contributed by atoms with Gasteiger partial charge in [0.2, 0.25) is 0 Å². The van der Waals surface area contributed by atoms with Crippen LogP contribution >= 0.6 is 11.3 Å². The molecule has 18 heavy (non-hydrogen) atoms. The van der Waals surface area contributed by atoms with Crippen LogP contribution in [0.5, 0.6) is 0 Å². The highest BCUT2D eigenvalue weighted by atomic mass is 32.1. The Morgan fingerprint density at radius 1 is 1.39 bits per heavy atom. The first-order valence-electron chi connectivity index (χ1n) is 5.38. The minimum absolute atomic E-state index is 0.362. The Morgan fingerprint density at radius 3 is 2.67 bits per heavy atom. The van der Waals surface area contributed by atoms with Gasteiger partial charge in [0, 0.05) is 4.88 Å². The number of carbonyl (C=O) groups excluding carboxylic acids is 1. The number of carbonyl (C=O) groups is 1. The van der Waals surface area contributed by atoms with E-state index in [0.717, 1.165) is 10.6 Å². The molecule has 5 N–H and O–H groups in total. The van der Waals surface area contributed by atoms with Crippen molar-refractivity contribution in [2.45, 2.75) is 13.8 Å². The Hall–Kier alpha value is -2.08. The van der Waals surface area contributed by atoms with E-state index in [9.17, 15) is 4.79 Å². The fourth-order valence-electron chi connectivity index (χ4n) is 1.55. The minimum atomic E-state index is -0.519. The molecule has 94 valence electrons. The van der Waals surface area contributed by atoms with Crippen LogP contribution in [-0.2, 0) is 0 Å². The number of anilines is 3. The Labute approximate surface area is 109 Å². The Morgan fingerprint density at radius 2 is 2.11 bits per heavy atom. The number of para-hydroxylation sites is 1. The van der Waals surface area contributed by atoms with E-state index < -0.39 is 5.91 Å². The topological polar surface area (TPSA) is 94.0 Å². The number of nitrogens with zero attached hydrogens (tertiary/aromatic N) is 1. The standard InChI is InChI=1S/C12H14N4OS/c1-6-7(2)18-12(15-6)16-10-8(11(14)17)4-3-5-9(10)13/h3-5H,13H2,1-2H3,(H2,14,17)(H,15,16). The summed E-state index contributed by atoms with van der Waals surface area (Å²) in [4.78, 5) is 16.8. The molecule has 0 unspecified atom stereocenters. The molecule has 1 aromatic heterocycles. The maximum absolute atomic E-state index is 11.3. The van der Waals surface area contributed by atoms with Crippen LogP contribution in [0.4, 0.5) is 16.5 Å². The van der Waals surface area contributed by atoms with Gasteiger partial charge in [0.15, 0.2) is 5.13 Å². The predicted molar refractivity (Wildman–Crippen MR) is 74.2 cm³/mol. The number of aromatic nitrogens is 1. The largest absolute Gasteiger partial charge is 0.397 e. The van der Waals surface area contributed by atoms with E-state index >= 15 is 0 Å². The zero-order chi connectivity index (χ0) is 13.3. The lowest BCUT2D eigenvalue weighted by molar-refractivity contribution is 0.100. The summed E-state index contributed by atoms with van der Waals surface area (Å²) in [6.07, 6.45) is 0. The lowest BCUT2D eigenvalue weighted by atomic mass is 10.1. The van der Waals surface area contributed by atoms with E-state index in [-0.39, 0.29) is 0 Å². The number of nitrogens with two attached hydrogens (primary N) is 2. The molecule has 1 amide bonds. The van der Waals surface area contributed by atoms with Crippen molar-refractivity contribution in [2.75, 3.05) is 11.1 Å². The van der Waals surface area contributed by atoms with Crippen LogP contribution in [0.1, 0.15) is 20.9 Å². The van der Waals surface area contributed by atoms with E-state index in [1.54, 1.807) is 18.2 Å². The predicted octanol–water partition coefficient (Wildman–Crippen LogP) is 2.18. The van der Waals surface area contributed by atoms with Crippen LogP contribution < -0.4 is 16.8 Å². The molecule has 0 saturated heterocycles. The normalized spacial score (nSPS) is 10.3. The van der Waals surface area contributed by atoms with E-state index in [1.807, 2.05) is 13.8 Å². The van der Waals surface area contributed by atoms with Crippen molar-refractivity contribution in [1.82, 2.24) is 4.98 Å². The van der Waals surface area contributed by atoms with Crippen molar-refractivity contribution >= 4 is 33.8 Å². The summed E-state index contributed by atoms with van der Waals surface area (Å²) in [6.45, 7) is 3.92. The number of benzene rings is 1. The lowest BCUT2D eigenvalue weighted by Crippen LogP contribution is -2.14. The Bertz CT molecular complexity index is 587. The molecule has 0 spiro atoms. The van der Waals surface area contributed by atoms with Gasteiger partial charge < -0.3 is 16.8 Å². The van der Waals surface area contributed by atoms with Gasteiger partial charge in [-0.1, -0.05) is 6.07 Å². The molecule has 0 aliphatic heterocycles. The van der Waals surface area contributed by atoms with Gasteiger partial charge in [-0.3, -0.25) is 4.79 Å². The number of primary amides is 1. The van der Waals surface area contributed by atoms with Crippen molar-refractivity contribution in [2.24, 2.45) is 5.73 Å². The second-order valence-electron chi connectivity index (χ2n) is 3.92. The highest BCUT2D eigenvalue weighted by molar-refractivity contribution is 7.15. The highest BCUT2D eigenvalue weighted by Crippen LogP contribution is 2.30. The molecule has 1 heterocycles. The van der Waals surface area contributed by atoms with Crippen LogP contribution in [0, 0.1) is 13.8 Å². The van der Waals surface area contributed by atoms with Crippen molar-refractivity contribution < 1.29 is 4.79 Å². The second kappa shape index (κ2) is 4.66. The smallest absolute Gasteiger partial charge is 0.250 e. The summed E-state index contributed by atoms with van der Waals surface area (Å²) >= 11 is 1.51. The molecule has 0 radical (unpaired) electrons. The highest BCUT2D eigenvalue weighted by Gasteiger charge is 2.13. The average Bonchev–Trinajstić information content (AvgIpc) is 2.60. The average molecular weight is 262 g/mol. The van der Waals surface area contributed by atoms with Gasteiger partial charge in [-0.2, -0.15) is 0 Å². The summed E-state index contributed by atoms with van der Waals surface area (Å²) in [7, 11) is 0. The molecule has 0 atom stereocenters. The first-order valence-corrected chi connectivity index (χ1v) is 6.20. The monoisotopic (exact) mass is 262 g/mol. The third kappa shape index (κ3) is 2.28. The quantitative estimate of drug-likeness (QED) is 0.739. The summed E-state index contributed by atoms with van der Waals surface area (Å²) < 4.78 is 0. The second-order valence-corrected chi connectivity index (χ2v) is 5.12. The number of hydrogen-bond donors (Lipinski definition) is 3. The first-order chi connectivity index (χ1) is 8.49. The van der Waals surface area contributed by atoms with Crippen LogP contribution in [0.15, 0.2) is 18.2 Å². The summed E-state index contributed by atoms with van der Waals surface area (Å²) in [5, 5.41) is 3.76. The van der Waals surface area contributed by atoms with Crippen LogP contribution in [0.25, 0.3) is 0 Å². The number of hydrogen-bond acceptors (Lipinski definition) is 5. The molecular weight excluding hydrogens is 248 g/mol. The van der Waals surface area contributed by atoms with E-state index in [1.165, 1.54) is 11.3 Å². The number of nitrogens with one attached hydrogen (secondary N) is 1. The molecule has 0 bridgehead atoms. The lowest BCUT2D eigenvalue weighted by Gasteiger charge is -2.10. The number of amides is 1. The third-order valence-electron chi connectivity index (χ3n) is 2.62. The van der Waals surface area contributed by atoms with Gasteiger partial charge in [0.05, 0.1) is 22.6 Å². The van der Waals surface area contributed by atoms with Crippen LogP contribution in [0.3, 0.4) is 0 Å². The summed E-state index contributed by atoms with van der Waals surface area (Å²) in [5.41, 5.74) is 13.5. The number of aryl methyl sites for hydroxylation is 2. The fraction of sp³-hybridized carbons (Fsp3) is 0.167. The summed E-state index contributed by atoms with van der Waals surface area (Å²) in [5.74, 6) is -0.519. The van der Waals surface area contributed by atoms with Crippen molar-refractivity contribution in [1.29, 1.82) is 0 Å². The van der Waals surface area contributed by atoms with E-state index in [0.29, 0.717) is 22.1 Å². The first kappa shape index (κ1) is 12.4. The van der Waals surface area contributed by atoms with Gasteiger partial charge in [-0.25, -0.2) is 4.98 Å². The van der Waals surface area contributed by atoms with E-state index in [2.05, 4.69) is 10.3 Å². The maximum Gasteiger partial charge on any atom is 0.250 e. The number of thiazole rings is 1. The molecule has 0 aliphatic carbocycles. The SMILES string of the molecule is Cc1nc(Nc2c(N)cccc2C(N)=O)sc1C. The Kier molecular flexibility index (Phi) is 3.20.